The molecule has 148 valence electrons. The first kappa shape index (κ1) is 19.2. The quantitative estimate of drug-likeness (QED) is 0.577. The fraction of sp³-hybridized carbons (Fsp3) is 0.500. The van der Waals surface area contributed by atoms with Crippen molar-refractivity contribution in [2.75, 3.05) is 6.61 Å². The van der Waals surface area contributed by atoms with Crippen LogP contribution < -0.4 is 0 Å². The van der Waals surface area contributed by atoms with Gasteiger partial charge in [0.05, 0.1) is 0 Å². The maximum Gasteiger partial charge on any atom is 0.217 e. The smallest absolute Gasteiger partial charge is 0.217 e. The van der Waals surface area contributed by atoms with E-state index in [1.54, 1.807) is 0 Å². The van der Waals surface area contributed by atoms with Crippen molar-refractivity contribution in [2.24, 2.45) is 10.4 Å². The largest absolute Gasteiger partial charge is 0.475 e. The van der Waals surface area contributed by atoms with E-state index in [9.17, 15) is 0 Å². The van der Waals surface area contributed by atoms with Gasteiger partial charge in [-0.15, -0.1) is 0 Å². The molecular formula is C26H33NO. The first-order valence-electron chi connectivity index (χ1n) is 10.7. The minimum atomic E-state index is 0.105. The average molecular weight is 376 g/mol. The minimum absolute atomic E-state index is 0.105. The Hall–Kier alpha value is -2.09. The third-order valence-electron chi connectivity index (χ3n) is 6.94. The number of rotatable bonds is 3. The highest BCUT2D eigenvalue weighted by atomic mass is 16.5. The molecule has 28 heavy (non-hydrogen) atoms. The number of hydrogen-bond donors (Lipinski definition) is 0. The maximum atomic E-state index is 6.04. The molecule has 1 heterocycles. The second-order valence-electron chi connectivity index (χ2n) is 9.57. The molecule has 2 aromatic carbocycles. The van der Waals surface area contributed by atoms with Gasteiger partial charge in [-0.2, -0.15) is 0 Å². The van der Waals surface area contributed by atoms with Crippen molar-refractivity contribution in [2.45, 2.75) is 72.3 Å². The average Bonchev–Trinajstić information content (AvgIpc) is 3.15. The first-order chi connectivity index (χ1) is 13.3. The van der Waals surface area contributed by atoms with Gasteiger partial charge in [-0.25, -0.2) is 4.99 Å². The summed E-state index contributed by atoms with van der Waals surface area (Å²) in [7, 11) is 0. The molecule has 0 amide bonds. The second-order valence-corrected chi connectivity index (χ2v) is 9.57. The molecule has 2 nitrogen and oxygen atoms in total. The molecular weight excluding hydrogens is 342 g/mol. The molecule has 0 spiro atoms. The monoisotopic (exact) mass is 375 g/mol. The van der Waals surface area contributed by atoms with Crippen LogP contribution in [0, 0.1) is 26.2 Å². The van der Waals surface area contributed by atoms with E-state index in [-0.39, 0.29) is 6.04 Å². The van der Waals surface area contributed by atoms with E-state index in [1.807, 2.05) is 0 Å². The van der Waals surface area contributed by atoms with E-state index >= 15 is 0 Å². The number of aryl methyl sites for hydroxylation is 2. The molecule has 1 aliphatic heterocycles. The zero-order valence-electron chi connectivity index (χ0n) is 18.0. The van der Waals surface area contributed by atoms with Crippen LogP contribution in [0.15, 0.2) is 41.4 Å². The lowest BCUT2D eigenvalue weighted by Crippen LogP contribution is -2.20. The molecule has 1 atom stereocenters. The first-order valence-corrected chi connectivity index (χ1v) is 10.7. The van der Waals surface area contributed by atoms with Crippen LogP contribution in [-0.4, -0.2) is 12.5 Å². The second kappa shape index (κ2) is 7.39. The zero-order valence-corrected chi connectivity index (χ0v) is 18.0. The summed E-state index contributed by atoms with van der Waals surface area (Å²) >= 11 is 0. The molecule has 1 saturated carbocycles. The summed E-state index contributed by atoms with van der Waals surface area (Å²) in [6.07, 6.45) is 5.29. The van der Waals surface area contributed by atoms with E-state index in [0.717, 1.165) is 11.8 Å². The van der Waals surface area contributed by atoms with Crippen LogP contribution in [0.5, 0.6) is 0 Å². The van der Waals surface area contributed by atoms with Crippen molar-refractivity contribution in [3.8, 4) is 0 Å². The SMILES string of the molecule is Cc1ccc(C)c(C2=NC(c3ccc(C4CCC(C)(C)CC4)cc3)CO2)c1C. The predicted octanol–water partition coefficient (Wildman–Crippen LogP) is 6.81. The van der Waals surface area contributed by atoms with Crippen LogP contribution in [0.25, 0.3) is 0 Å². The van der Waals surface area contributed by atoms with Crippen LogP contribution in [-0.2, 0) is 4.74 Å². The minimum Gasteiger partial charge on any atom is -0.475 e. The molecule has 1 aliphatic carbocycles. The van der Waals surface area contributed by atoms with Crippen molar-refractivity contribution in [3.05, 3.63) is 69.8 Å². The number of ether oxygens (including phenoxy) is 1. The van der Waals surface area contributed by atoms with Gasteiger partial charge in [0.25, 0.3) is 0 Å². The van der Waals surface area contributed by atoms with E-state index in [1.165, 1.54) is 59.1 Å². The Morgan fingerprint density at radius 1 is 0.857 bits per heavy atom. The van der Waals surface area contributed by atoms with E-state index in [4.69, 9.17) is 9.73 Å². The number of nitrogens with zero attached hydrogens (tertiary/aromatic N) is 1. The number of benzene rings is 2. The Kier molecular flexibility index (Phi) is 5.07. The lowest BCUT2D eigenvalue weighted by Gasteiger charge is -2.34. The molecule has 1 fully saturated rings. The summed E-state index contributed by atoms with van der Waals surface area (Å²) in [5.74, 6) is 1.53. The van der Waals surface area contributed by atoms with Gasteiger partial charge in [-0.1, -0.05) is 50.2 Å². The van der Waals surface area contributed by atoms with Crippen molar-refractivity contribution in [3.63, 3.8) is 0 Å². The van der Waals surface area contributed by atoms with E-state index in [2.05, 4.69) is 71.0 Å². The molecule has 1 unspecified atom stereocenters. The van der Waals surface area contributed by atoms with Crippen molar-refractivity contribution < 1.29 is 4.74 Å². The highest BCUT2D eigenvalue weighted by molar-refractivity contribution is 5.98. The summed E-state index contributed by atoms with van der Waals surface area (Å²) in [6.45, 7) is 11.9. The standard InChI is InChI=1S/C26H33NO/c1-17-6-7-18(2)24(19(17)3)25-27-23(16-28-25)22-10-8-20(9-11-22)21-12-14-26(4,5)15-13-21/h6-11,21,23H,12-16H2,1-5H3. The molecule has 2 heteroatoms. The number of aliphatic imine (C=N–C) groups is 1. The topological polar surface area (TPSA) is 21.6 Å². The lowest BCUT2D eigenvalue weighted by atomic mass is 9.71. The highest BCUT2D eigenvalue weighted by Gasteiger charge is 2.28. The summed E-state index contributed by atoms with van der Waals surface area (Å²) in [5, 5.41) is 0. The molecule has 2 aromatic rings. The van der Waals surface area contributed by atoms with Gasteiger partial charge in [0.1, 0.15) is 12.6 Å². The van der Waals surface area contributed by atoms with Gasteiger partial charge < -0.3 is 4.74 Å². The lowest BCUT2D eigenvalue weighted by molar-refractivity contribution is 0.224. The van der Waals surface area contributed by atoms with Gasteiger partial charge in [0.2, 0.25) is 5.90 Å². The zero-order chi connectivity index (χ0) is 19.9. The third-order valence-corrected chi connectivity index (χ3v) is 6.94. The van der Waals surface area contributed by atoms with Crippen molar-refractivity contribution in [1.29, 1.82) is 0 Å². The van der Waals surface area contributed by atoms with Crippen LogP contribution in [0.1, 0.15) is 84.9 Å². The Morgan fingerprint density at radius 3 is 2.14 bits per heavy atom. The van der Waals surface area contributed by atoms with Gasteiger partial charge in [0, 0.05) is 5.56 Å². The maximum absolute atomic E-state index is 6.04. The Bertz CT molecular complexity index is 881. The molecule has 0 N–H and O–H groups in total. The molecule has 4 rings (SSSR count). The van der Waals surface area contributed by atoms with Gasteiger partial charge in [0.15, 0.2) is 0 Å². The third kappa shape index (κ3) is 3.74. The molecule has 0 radical (unpaired) electrons. The molecule has 2 aliphatic rings. The normalized spacial score (nSPS) is 22.0. The number of hydrogen-bond acceptors (Lipinski definition) is 2. The Labute approximate surface area is 170 Å². The molecule has 0 bridgehead atoms. The summed E-state index contributed by atoms with van der Waals surface area (Å²) < 4.78 is 6.04. The fourth-order valence-electron chi connectivity index (χ4n) is 4.68. The summed E-state index contributed by atoms with van der Waals surface area (Å²) in [5.41, 5.74) is 8.24. The van der Waals surface area contributed by atoms with E-state index in [0.29, 0.717) is 12.0 Å². The van der Waals surface area contributed by atoms with Crippen molar-refractivity contribution in [1.82, 2.24) is 0 Å². The van der Waals surface area contributed by atoms with E-state index < -0.39 is 0 Å². The van der Waals surface area contributed by atoms with Gasteiger partial charge in [-0.3, -0.25) is 0 Å². The summed E-state index contributed by atoms with van der Waals surface area (Å²) in [4.78, 5) is 4.95. The van der Waals surface area contributed by atoms with Gasteiger partial charge in [-0.05, 0) is 85.6 Å². The highest BCUT2D eigenvalue weighted by Crippen LogP contribution is 2.42. The summed E-state index contributed by atoms with van der Waals surface area (Å²) in [6, 6.07) is 13.6. The van der Waals surface area contributed by atoms with Crippen molar-refractivity contribution >= 4 is 5.90 Å². The van der Waals surface area contributed by atoms with Crippen LogP contribution in [0.3, 0.4) is 0 Å². The Balaban J connectivity index is 1.51. The fourth-order valence-corrected chi connectivity index (χ4v) is 4.68. The van der Waals surface area contributed by atoms with Crippen LogP contribution in [0.2, 0.25) is 0 Å². The molecule has 0 aromatic heterocycles. The predicted molar refractivity (Wildman–Crippen MR) is 117 cm³/mol. The Morgan fingerprint density at radius 2 is 1.46 bits per heavy atom. The van der Waals surface area contributed by atoms with Gasteiger partial charge >= 0.3 is 0 Å². The molecule has 0 saturated heterocycles. The van der Waals surface area contributed by atoms with Crippen LogP contribution in [0.4, 0.5) is 0 Å². The van der Waals surface area contributed by atoms with Crippen LogP contribution >= 0.6 is 0 Å².